The molecule has 0 aliphatic heterocycles. The van der Waals surface area contributed by atoms with E-state index >= 15 is 0 Å². The van der Waals surface area contributed by atoms with Crippen LogP contribution in [0.15, 0.2) is 30.8 Å². The molecule has 1 rings (SSSR count). The van der Waals surface area contributed by atoms with Crippen molar-refractivity contribution in [3.05, 3.63) is 36.4 Å². The summed E-state index contributed by atoms with van der Waals surface area (Å²) in [6.45, 7) is 9.60. The van der Waals surface area contributed by atoms with Crippen LogP contribution in [0.1, 0.15) is 26.3 Å². The Morgan fingerprint density at radius 1 is 1.35 bits per heavy atom. The molecule has 3 heteroatoms. The molecule has 0 N–H and O–H groups in total. The molecule has 3 nitrogen and oxygen atoms in total. The Balaban J connectivity index is 2.63. The van der Waals surface area contributed by atoms with Crippen molar-refractivity contribution < 1.29 is 14.3 Å². The normalized spacial score (nSPS) is 11.7. The van der Waals surface area contributed by atoms with Crippen LogP contribution in [-0.2, 0) is 9.53 Å². The van der Waals surface area contributed by atoms with E-state index in [0.29, 0.717) is 12.4 Å². The summed E-state index contributed by atoms with van der Waals surface area (Å²) >= 11 is 0. The van der Waals surface area contributed by atoms with Crippen LogP contribution in [0, 0.1) is 0 Å². The molecule has 1 atom stereocenters. The van der Waals surface area contributed by atoms with Crippen LogP contribution >= 0.6 is 0 Å². The Morgan fingerprint density at radius 3 is 2.41 bits per heavy atom. The molecule has 1 unspecified atom stereocenters. The number of benzene rings is 1. The molecule has 0 aromatic heterocycles. The van der Waals surface area contributed by atoms with E-state index in [-0.39, 0.29) is 5.97 Å². The summed E-state index contributed by atoms with van der Waals surface area (Å²) in [6.07, 6.45) is -0.592. The second-order valence-corrected chi connectivity index (χ2v) is 3.82. The minimum absolute atomic E-state index is 0.350. The largest absolute Gasteiger partial charge is 0.479 e. The first kappa shape index (κ1) is 13.3. The van der Waals surface area contributed by atoms with Crippen LogP contribution < -0.4 is 4.74 Å². The molecule has 0 fully saturated rings. The molecule has 1 aromatic carbocycles. The highest BCUT2D eigenvalue weighted by molar-refractivity contribution is 5.74. The van der Waals surface area contributed by atoms with E-state index < -0.39 is 6.10 Å². The van der Waals surface area contributed by atoms with Crippen molar-refractivity contribution in [2.24, 2.45) is 0 Å². The summed E-state index contributed by atoms with van der Waals surface area (Å²) < 4.78 is 10.3. The van der Waals surface area contributed by atoms with Gasteiger partial charge in [-0.1, -0.05) is 24.3 Å². The number of esters is 1. The fraction of sp³-hybridized carbons (Fsp3) is 0.357. The molecule has 0 aliphatic rings. The van der Waals surface area contributed by atoms with Crippen LogP contribution in [-0.4, -0.2) is 18.7 Å². The van der Waals surface area contributed by atoms with Crippen molar-refractivity contribution in [1.82, 2.24) is 0 Å². The average molecular weight is 234 g/mol. The quantitative estimate of drug-likeness (QED) is 0.734. The molecule has 92 valence electrons. The number of hydrogen-bond donors (Lipinski definition) is 0. The van der Waals surface area contributed by atoms with Crippen molar-refractivity contribution in [1.29, 1.82) is 0 Å². The average Bonchev–Trinajstić information content (AvgIpc) is 2.30. The SMILES string of the molecule is C=C(C)c1ccc(OC(C)C(=O)OCC)cc1. The minimum Gasteiger partial charge on any atom is -0.479 e. The van der Waals surface area contributed by atoms with Crippen molar-refractivity contribution in [3.8, 4) is 5.75 Å². The summed E-state index contributed by atoms with van der Waals surface area (Å²) in [5.74, 6) is 0.298. The van der Waals surface area contributed by atoms with Crippen LogP contribution in [0.4, 0.5) is 0 Å². The highest BCUT2D eigenvalue weighted by Gasteiger charge is 2.15. The zero-order chi connectivity index (χ0) is 12.8. The molecule has 0 heterocycles. The van der Waals surface area contributed by atoms with Crippen LogP contribution in [0.25, 0.3) is 5.57 Å². The Bertz CT molecular complexity index is 392. The molecule has 0 spiro atoms. The van der Waals surface area contributed by atoms with E-state index in [4.69, 9.17) is 9.47 Å². The predicted molar refractivity (Wildman–Crippen MR) is 67.9 cm³/mol. The number of ether oxygens (including phenoxy) is 2. The molecule has 17 heavy (non-hydrogen) atoms. The predicted octanol–water partition coefficient (Wildman–Crippen LogP) is 3.05. The van der Waals surface area contributed by atoms with Crippen LogP contribution in [0.2, 0.25) is 0 Å². The maximum atomic E-state index is 11.4. The van der Waals surface area contributed by atoms with Gasteiger partial charge in [-0.3, -0.25) is 0 Å². The maximum absolute atomic E-state index is 11.4. The minimum atomic E-state index is -0.592. The topological polar surface area (TPSA) is 35.5 Å². The van der Waals surface area contributed by atoms with Crippen LogP contribution in [0.5, 0.6) is 5.75 Å². The molecule has 0 saturated carbocycles. The van der Waals surface area contributed by atoms with Gasteiger partial charge in [0.15, 0.2) is 6.10 Å². The molecular weight excluding hydrogens is 216 g/mol. The Kier molecular flexibility index (Phi) is 4.76. The van der Waals surface area contributed by atoms with Gasteiger partial charge in [0.2, 0.25) is 0 Å². The molecule has 0 radical (unpaired) electrons. The van der Waals surface area contributed by atoms with Gasteiger partial charge in [0, 0.05) is 0 Å². The summed E-state index contributed by atoms with van der Waals surface area (Å²) in [7, 11) is 0. The highest BCUT2D eigenvalue weighted by Crippen LogP contribution is 2.18. The molecule has 0 amide bonds. The van der Waals surface area contributed by atoms with E-state index in [2.05, 4.69) is 6.58 Å². The monoisotopic (exact) mass is 234 g/mol. The first-order valence-corrected chi connectivity index (χ1v) is 5.63. The van der Waals surface area contributed by atoms with Gasteiger partial charge in [-0.05, 0) is 38.5 Å². The third-order valence-electron chi connectivity index (χ3n) is 2.28. The number of hydrogen-bond acceptors (Lipinski definition) is 3. The summed E-state index contributed by atoms with van der Waals surface area (Å²) in [5.41, 5.74) is 2.05. The maximum Gasteiger partial charge on any atom is 0.347 e. The molecule has 1 aromatic rings. The van der Waals surface area contributed by atoms with Gasteiger partial charge < -0.3 is 9.47 Å². The second-order valence-electron chi connectivity index (χ2n) is 3.82. The van der Waals surface area contributed by atoms with Gasteiger partial charge in [0.05, 0.1) is 6.61 Å². The first-order valence-electron chi connectivity index (χ1n) is 5.63. The van der Waals surface area contributed by atoms with Crippen molar-refractivity contribution >= 4 is 11.5 Å². The zero-order valence-corrected chi connectivity index (χ0v) is 10.5. The fourth-order valence-corrected chi connectivity index (χ4v) is 1.33. The molecule has 0 aliphatic carbocycles. The Labute approximate surface area is 102 Å². The van der Waals surface area contributed by atoms with E-state index in [1.807, 2.05) is 31.2 Å². The van der Waals surface area contributed by atoms with E-state index in [1.54, 1.807) is 13.8 Å². The third-order valence-corrected chi connectivity index (χ3v) is 2.28. The Hall–Kier alpha value is -1.77. The molecule has 0 bridgehead atoms. The third kappa shape index (κ3) is 3.94. The van der Waals surface area contributed by atoms with Crippen LogP contribution in [0.3, 0.4) is 0 Å². The first-order chi connectivity index (χ1) is 8.04. The number of rotatable bonds is 5. The number of allylic oxidation sites excluding steroid dienone is 1. The highest BCUT2D eigenvalue weighted by atomic mass is 16.6. The van der Waals surface area contributed by atoms with Crippen molar-refractivity contribution in [2.45, 2.75) is 26.9 Å². The lowest BCUT2D eigenvalue weighted by Gasteiger charge is -2.13. The summed E-state index contributed by atoms with van der Waals surface area (Å²) in [4.78, 5) is 11.4. The van der Waals surface area contributed by atoms with Gasteiger partial charge in [-0.15, -0.1) is 0 Å². The molecular formula is C14H18O3. The van der Waals surface area contributed by atoms with Crippen molar-refractivity contribution in [3.63, 3.8) is 0 Å². The lowest BCUT2D eigenvalue weighted by atomic mass is 10.1. The van der Waals surface area contributed by atoms with E-state index in [1.165, 1.54) is 0 Å². The number of carbonyl (C=O) groups excluding carboxylic acids is 1. The fourth-order valence-electron chi connectivity index (χ4n) is 1.33. The van der Waals surface area contributed by atoms with Gasteiger partial charge in [-0.2, -0.15) is 0 Å². The lowest BCUT2D eigenvalue weighted by molar-refractivity contribution is -0.150. The zero-order valence-electron chi connectivity index (χ0n) is 10.5. The molecule has 0 saturated heterocycles. The van der Waals surface area contributed by atoms with Gasteiger partial charge in [0.1, 0.15) is 5.75 Å². The summed E-state index contributed by atoms with van der Waals surface area (Å²) in [5, 5.41) is 0. The van der Waals surface area contributed by atoms with Gasteiger partial charge >= 0.3 is 5.97 Å². The van der Waals surface area contributed by atoms with E-state index in [0.717, 1.165) is 11.1 Å². The van der Waals surface area contributed by atoms with E-state index in [9.17, 15) is 4.79 Å². The lowest BCUT2D eigenvalue weighted by Crippen LogP contribution is -2.26. The standard InChI is InChI=1S/C14H18O3/c1-5-16-14(15)11(4)17-13-8-6-12(7-9-13)10(2)3/h6-9,11H,2,5H2,1,3-4H3. The van der Waals surface area contributed by atoms with Gasteiger partial charge in [-0.25, -0.2) is 4.79 Å². The smallest absolute Gasteiger partial charge is 0.347 e. The Morgan fingerprint density at radius 2 is 1.94 bits per heavy atom. The van der Waals surface area contributed by atoms with Crippen molar-refractivity contribution in [2.75, 3.05) is 6.61 Å². The summed E-state index contributed by atoms with van der Waals surface area (Å²) in [6, 6.07) is 7.46. The second kappa shape index (κ2) is 6.09. The number of carbonyl (C=O) groups is 1. The van der Waals surface area contributed by atoms with Gasteiger partial charge in [0.25, 0.3) is 0 Å².